The van der Waals surface area contributed by atoms with Crippen LogP contribution in [0, 0.1) is 0 Å². The zero-order chi connectivity index (χ0) is 11.4. The van der Waals surface area contributed by atoms with Gasteiger partial charge >= 0.3 is 0 Å². The highest BCUT2D eigenvalue weighted by Gasteiger charge is 2.15. The van der Waals surface area contributed by atoms with Gasteiger partial charge in [-0.15, -0.1) is 0 Å². The third-order valence-corrected chi connectivity index (χ3v) is 2.90. The summed E-state index contributed by atoms with van der Waals surface area (Å²) >= 11 is 3.44. The maximum absolute atomic E-state index is 5.88. The molecule has 84 valence electrons. The highest BCUT2D eigenvalue weighted by atomic mass is 79.9. The summed E-state index contributed by atoms with van der Waals surface area (Å²) in [7, 11) is 3.68. The normalized spacial score (nSPS) is 12.5. The topological polar surface area (TPSA) is 51.4 Å². The van der Waals surface area contributed by atoms with Crippen LogP contribution >= 0.6 is 15.9 Å². The van der Waals surface area contributed by atoms with Crippen LogP contribution in [0.25, 0.3) is 0 Å². The fourth-order valence-corrected chi connectivity index (χ4v) is 2.02. The first-order chi connectivity index (χ1) is 7.07. The zero-order valence-corrected chi connectivity index (χ0v) is 10.8. The minimum atomic E-state index is 0.260. The molecule has 0 fully saturated rings. The SMILES string of the molecule is COCC(C)N(C)c1c(N)cncc1Br. The van der Waals surface area contributed by atoms with E-state index in [0.29, 0.717) is 12.3 Å². The summed E-state index contributed by atoms with van der Waals surface area (Å²) in [6.45, 7) is 2.74. The van der Waals surface area contributed by atoms with Gasteiger partial charge in [0.1, 0.15) is 0 Å². The summed E-state index contributed by atoms with van der Waals surface area (Å²) in [4.78, 5) is 6.08. The van der Waals surface area contributed by atoms with Gasteiger partial charge in [0.2, 0.25) is 0 Å². The smallest absolute Gasteiger partial charge is 0.0776 e. The number of rotatable bonds is 4. The van der Waals surface area contributed by atoms with Crippen molar-refractivity contribution in [3.05, 3.63) is 16.9 Å². The fraction of sp³-hybridized carbons (Fsp3) is 0.500. The maximum Gasteiger partial charge on any atom is 0.0776 e. The Morgan fingerprint density at radius 1 is 1.60 bits per heavy atom. The Labute approximate surface area is 98.6 Å². The number of aromatic nitrogens is 1. The van der Waals surface area contributed by atoms with Crippen LogP contribution in [0.2, 0.25) is 0 Å². The van der Waals surface area contributed by atoms with Gasteiger partial charge in [0.15, 0.2) is 0 Å². The number of nitrogens with zero attached hydrogens (tertiary/aromatic N) is 2. The molecule has 0 aliphatic rings. The molecule has 15 heavy (non-hydrogen) atoms. The molecule has 0 aliphatic carbocycles. The van der Waals surface area contributed by atoms with E-state index in [1.807, 2.05) is 7.05 Å². The molecule has 0 aromatic carbocycles. The molecular weight excluding hydrogens is 258 g/mol. The van der Waals surface area contributed by atoms with Crippen LogP contribution in [0.5, 0.6) is 0 Å². The molecule has 1 aromatic rings. The number of halogens is 1. The summed E-state index contributed by atoms with van der Waals surface area (Å²) in [6, 6.07) is 0.260. The van der Waals surface area contributed by atoms with E-state index in [9.17, 15) is 0 Å². The van der Waals surface area contributed by atoms with E-state index in [4.69, 9.17) is 10.5 Å². The standard InChI is InChI=1S/C10H16BrN3O/c1-7(6-15-3)14(2)10-8(11)4-13-5-9(10)12/h4-5,7H,6,12H2,1-3H3. The van der Waals surface area contributed by atoms with Crippen molar-refractivity contribution in [2.24, 2.45) is 0 Å². The van der Waals surface area contributed by atoms with Crippen LogP contribution in [0.1, 0.15) is 6.92 Å². The second kappa shape index (κ2) is 5.32. The lowest BCUT2D eigenvalue weighted by atomic mass is 10.2. The Balaban J connectivity index is 2.94. The monoisotopic (exact) mass is 273 g/mol. The van der Waals surface area contributed by atoms with Gasteiger partial charge in [0.25, 0.3) is 0 Å². The van der Waals surface area contributed by atoms with Gasteiger partial charge in [-0.05, 0) is 22.9 Å². The number of pyridine rings is 1. The Morgan fingerprint density at radius 3 is 2.80 bits per heavy atom. The van der Waals surface area contributed by atoms with Crippen LogP contribution < -0.4 is 10.6 Å². The highest BCUT2D eigenvalue weighted by molar-refractivity contribution is 9.10. The van der Waals surface area contributed by atoms with Gasteiger partial charge in [-0.1, -0.05) is 0 Å². The molecule has 0 radical (unpaired) electrons. The number of ether oxygens (including phenoxy) is 1. The molecule has 1 rings (SSSR count). The van der Waals surface area contributed by atoms with Crippen LogP contribution in [-0.4, -0.2) is 31.8 Å². The van der Waals surface area contributed by atoms with E-state index < -0.39 is 0 Å². The maximum atomic E-state index is 5.88. The molecule has 0 bridgehead atoms. The molecule has 1 unspecified atom stereocenters. The van der Waals surface area contributed by atoms with Crippen LogP contribution in [0.15, 0.2) is 16.9 Å². The van der Waals surface area contributed by atoms with Crippen LogP contribution in [-0.2, 0) is 4.74 Å². The first-order valence-corrected chi connectivity index (χ1v) is 5.48. The molecule has 1 aromatic heterocycles. The van der Waals surface area contributed by atoms with Crippen molar-refractivity contribution in [1.29, 1.82) is 0 Å². The Bertz CT molecular complexity index is 312. The van der Waals surface area contributed by atoms with Crippen molar-refractivity contribution in [3.8, 4) is 0 Å². The molecule has 5 heteroatoms. The molecular formula is C10H16BrN3O. The molecule has 4 nitrogen and oxygen atoms in total. The van der Waals surface area contributed by atoms with Crippen molar-refractivity contribution in [3.63, 3.8) is 0 Å². The molecule has 1 heterocycles. The molecule has 1 atom stereocenters. The van der Waals surface area contributed by atoms with Crippen molar-refractivity contribution in [1.82, 2.24) is 4.98 Å². The van der Waals surface area contributed by atoms with Crippen LogP contribution in [0.4, 0.5) is 11.4 Å². The number of hydrogen-bond donors (Lipinski definition) is 1. The Hall–Kier alpha value is -0.810. The summed E-state index contributed by atoms with van der Waals surface area (Å²) in [5, 5.41) is 0. The number of nitrogens with two attached hydrogens (primary N) is 1. The predicted molar refractivity (Wildman–Crippen MR) is 66.1 cm³/mol. The zero-order valence-electron chi connectivity index (χ0n) is 9.20. The third kappa shape index (κ3) is 2.82. The lowest BCUT2D eigenvalue weighted by Crippen LogP contribution is -2.33. The van der Waals surface area contributed by atoms with Gasteiger partial charge < -0.3 is 15.4 Å². The quantitative estimate of drug-likeness (QED) is 0.911. The Morgan fingerprint density at radius 2 is 2.27 bits per heavy atom. The second-order valence-electron chi connectivity index (χ2n) is 3.47. The number of nitrogen functional groups attached to an aromatic ring is 1. The molecule has 0 aliphatic heterocycles. The Kier molecular flexibility index (Phi) is 4.35. The lowest BCUT2D eigenvalue weighted by molar-refractivity contribution is 0.183. The molecule has 0 spiro atoms. The molecule has 0 amide bonds. The van der Waals surface area contributed by atoms with Crippen molar-refractivity contribution in [2.75, 3.05) is 31.4 Å². The van der Waals surface area contributed by atoms with Crippen LogP contribution in [0.3, 0.4) is 0 Å². The molecule has 2 N–H and O–H groups in total. The van der Waals surface area contributed by atoms with Crippen molar-refractivity contribution >= 4 is 27.3 Å². The third-order valence-electron chi connectivity index (χ3n) is 2.32. The van der Waals surface area contributed by atoms with Gasteiger partial charge in [0.05, 0.1) is 28.7 Å². The second-order valence-corrected chi connectivity index (χ2v) is 4.33. The van der Waals surface area contributed by atoms with E-state index >= 15 is 0 Å². The minimum Gasteiger partial charge on any atom is -0.396 e. The molecule has 0 saturated heterocycles. The van der Waals surface area contributed by atoms with Crippen molar-refractivity contribution in [2.45, 2.75) is 13.0 Å². The fourth-order valence-electron chi connectivity index (χ4n) is 1.39. The summed E-state index contributed by atoms with van der Waals surface area (Å²) in [5.41, 5.74) is 7.50. The first-order valence-electron chi connectivity index (χ1n) is 4.68. The average Bonchev–Trinajstić information content (AvgIpc) is 2.17. The average molecular weight is 274 g/mol. The number of likely N-dealkylation sites (N-methyl/N-ethyl adjacent to an activating group) is 1. The van der Waals surface area contributed by atoms with E-state index in [2.05, 4.69) is 32.7 Å². The van der Waals surface area contributed by atoms with E-state index in [1.54, 1.807) is 19.5 Å². The van der Waals surface area contributed by atoms with E-state index in [1.165, 1.54) is 0 Å². The highest BCUT2D eigenvalue weighted by Crippen LogP contribution is 2.31. The molecule has 0 saturated carbocycles. The van der Waals surface area contributed by atoms with Gasteiger partial charge in [-0.25, -0.2) is 0 Å². The summed E-state index contributed by atoms with van der Waals surface area (Å²) in [6.07, 6.45) is 3.39. The predicted octanol–water partition coefficient (Wildman–Crippen LogP) is 1.90. The summed E-state index contributed by atoms with van der Waals surface area (Å²) in [5.74, 6) is 0. The van der Waals surface area contributed by atoms with Gasteiger partial charge in [-0.3, -0.25) is 4.98 Å². The van der Waals surface area contributed by atoms with E-state index in [-0.39, 0.29) is 6.04 Å². The van der Waals surface area contributed by atoms with Crippen molar-refractivity contribution < 1.29 is 4.74 Å². The van der Waals surface area contributed by atoms with E-state index in [0.717, 1.165) is 10.2 Å². The van der Waals surface area contributed by atoms with Gasteiger partial charge in [-0.2, -0.15) is 0 Å². The summed E-state index contributed by atoms with van der Waals surface area (Å²) < 4.78 is 6.01. The lowest BCUT2D eigenvalue weighted by Gasteiger charge is -2.28. The largest absolute Gasteiger partial charge is 0.396 e. The number of methoxy groups -OCH3 is 1. The first kappa shape index (κ1) is 12.3. The minimum absolute atomic E-state index is 0.260. The van der Waals surface area contributed by atoms with Gasteiger partial charge in [0, 0.05) is 26.4 Å². The number of anilines is 2. The number of hydrogen-bond acceptors (Lipinski definition) is 4.